The molecule has 1 aromatic heterocycles. The van der Waals surface area contributed by atoms with E-state index in [1.54, 1.807) is 24.4 Å². The topological polar surface area (TPSA) is 88.6 Å². The maximum atomic E-state index is 13.3. The molecule has 1 unspecified atom stereocenters. The molecule has 0 aliphatic heterocycles. The van der Waals surface area contributed by atoms with Crippen LogP contribution in [0.5, 0.6) is 11.5 Å². The first-order valence-corrected chi connectivity index (χ1v) is 9.42. The molecular formula is C21H19NO5S. The number of methoxy groups -OCH3 is 2. The molecule has 6 nitrogen and oxygen atoms in total. The van der Waals surface area contributed by atoms with Crippen LogP contribution in [0.15, 0.2) is 66.2 Å². The Morgan fingerprint density at radius 3 is 2.32 bits per heavy atom. The van der Waals surface area contributed by atoms with Crippen molar-refractivity contribution >= 4 is 22.4 Å². The molecule has 7 heteroatoms. The molecule has 0 saturated heterocycles. The fourth-order valence-corrected chi connectivity index (χ4v) is 3.30. The first kappa shape index (κ1) is 19.6. The van der Waals surface area contributed by atoms with Gasteiger partial charge in [-0.2, -0.15) is 0 Å². The standard InChI is InChI=1S/C21H19NO5S/c1-13(14-6-8-15(9-7-14)28(24)25)20(23)19-18(26-2)11-10-16(21(19)27-3)17-5-4-12-22-17/h4-12,22H,1H2,2-3H3,(H,24,25). The molecule has 0 bridgehead atoms. The Morgan fingerprint density at radius 1 is 1.07 bits per heavy atom. The highest BCUT2D eigenvalue weighted by molar-refractivity contribution is 7.79. The zero-order chi connectivity index (χ0) is 20.3. The van der Waals surface area contributed by atoms with Gasteiger partial charge in [-0.3, -0.25) is 4.79 Å². The van der Waals surface area contributed by atoms with E-state index in [0.29, 0.717) is 17.1 Å². The van der Waals surface area contributed by atoms with E-state index in [9.17, 15) is 9.00 Å². The van der Waals surface area contributed by atoms with E-state index in [4.69, 9.17) is 14.0 Å². The lowest BCUT2D eigenvalue weighted by Gasteiger charge is -2.17. The largest absolute Gasteiger partial charge is 0.496 e. The second-order valence-electron chi connectivity index (χ2n) is 5.89. The van der Waals surface area contributed by atoms with Crippen molar-refractivity contribution in [1.29, 1.82) is 0 Å². The van der Waals surface area contributed by atoms with Gasteiger partial charge >= 0.3 is 0 Å². The van der Waals surface area contributed by atoms with Crippen molar-refractivity contribution in [3.8, 4) is 22.8 Å². The third-order valence-electron chi connectivity index (χ3n) is 4.34. The van der Waals surface area contributed by atoms with E-state index in [0.717, 1.165) is 11.3 Å². The molecule has 0 fully saturated rings. The van der Waals surface area contributed by atoms with Gasteiger partial charge in [0.05, 0.1) is 19.1 Å². The Morgan fingerprint density at radius 2 is 1.79 bits per heavy atom. The summed E-state index contributed by atoms with van der Waals surface area (Å²) < 4.78 is 31.2. The SMILES string of the molecule is C=C(C(=O)c1c(OC)ccc(-c2ccc[nH]2)c1OC)c1ccc(S(=O)O)cc1. The molecule has 2 N–H and O–H groups in total. The predicted molar refractivity (Wildman–Crippen MR) is 108 cm³/mol. The van der Waals surface area contributed by atoms with Gasteiger partial charge in [0.1, 0.15) is 17.1 Å². The minimum Gasteiger partial charge on any atom is -0.496 e. The summed E-state index contributed by atoms with van der Waals surface area (Å²) >= 11 is -2.09. The van der Waals surface area contributed by atoms with Crippen LogP contribution in [0.3, 0.4) is 0 Å². The lowest BCUT2D eigenvalue weighted by atomic mass is 9.94. The molecule has 0 aliphatic carbocycles. The summed E-state index contributed by atoms with van der Waals surface area (Å²) in [7, 11) is 2.97. The number of allylic oxidation sites excluding steroid dienone is 1. The number of hydrogen-bond acceptors (Lipinski definition) is 4. The third kappa shape index (κ3) is 3.62. The number of hydrogen-bond donors (Lipinski definition) is 2. The van der Waals surface area contributed by atoms with Crippen LogP contribution in [0, 0.1) is 0 Å². The van der Waals surface area contributed by atoms with E-state index in [1.165, 1.54) is 26.4 Å². The van der Waals surface area contributed by atoms with Gasteiger partial charge in [-0.1, -0.05) is 18.7 Å². The second-order valence-corrected chi connectivity index (χ2v) is 6.86. The highest BCUT2D eigenvalue weighted by atomic mass is 32.2. The molecule has 0 spiro atoms. The molecule has 0 radical (unpaired) electrons. The summed E-state index contributed by atoms with van der Waals surface area (Å²) in [4.78, 5) is 16.6. The van der Waals surface area contributed by atoms with Gasteiger partial charge in [0.25, 0.3) is 0 Å². The summed E-state index contributed by atoms with van der Waals surface area (Å²) in [6, 6.07) is 13.4. The molecular weight excluding hydrogens is 378 g/mol. The molecule has 1 atom stereocenters. The number of aromatic amines is 1. The highest BCUT2D eigenvalue weighted by Crippen LogP contribution is 2.40. The maximum absolute atomic E-state index is 13.3. The summed E-state index contributed by atoms with van der Waals surface area (Å²) in [6.07, 6.45) is 1.78. The molecule has 3 aromatic rings. The van der Waals surface area contributed by atoms with Gasteiger partial charge in [0.2, 0.25) is 5.78 Å². The van der Waals surface area contributed by atoms with Crippen molar-refractivity contribution in [2.75, 3.05) is 14.2 Å². The number of rotatable bonds is 7. The normalized spacial score (nSPS) is 11.7. The van der Waals surface area contributed by atoms with E-state index >= 15 is 0 Å². The average molecular weight is 397 g/mol. The van der Waals surface area contributed by atoms with Gasteiger partial charge in [-0.25, -0.2) is 4.21 Å². The minimum atomic E-state index is -2.09. The van der Waals surface area contributed by atoms with Crippen LogP contribution in [0.25, 0.3) is 16.8 Å². The number of nitrogens with one attached hydrogen (secondary N) is 1. The number of Topliss-reactive ketones (excluding diaryl/α,β-unsaturated/α-hetero) is 1. The number of ether oxygens (including phenoxy) is 2. The minimum absolute atomic E-state index is 0.218. The number of carbonyl (C=O) groups excluding carboxylic acids is 1. The Kier molecular flexibility index (Phi) is 5.77. The number of ketones is 1. The smallest absolute Gasteiger partial charge is 0.200 e. The predicted octanol–water partition coefficient (Wildman–Crippen LogP) is 4.18. The van der Waals surface area contributed by atoms with Gasteiger partial charge in [-0.15, -0.1) is 0 Å². The first-order valence-electron chi connectivity index (χ1n) is 8.31. The fraction of sp³-hybridized carbons (Fsp3) is 0.0952. The summed E-state index contributed by atoms with van der Waals surface area (Å²) in [5.41, 5.74) is 2.53. The summed E-state index contributed by atoms with van der Waals surface area (Å²) in [6.45, 7) is 3.91. The Balaban J connectivity index is 2.08. The van der Waals surface area contributed by atoms with Crippen molar-refractivity contribution < 1.29 is 23.0 Å². The molecule has 0 saturated carbocycles. The summed E-state index contributed by atoms with van der Waals surface area (Å²) in [5.74, 6) is 0.382. The maximum Gasteiger partial charge on any atom is 0.200 e. The fourth-order valence-electron chi connectivity index (χ4n) is 2.93. The monoisotopic (exact) mass is 397 g/mol. The van der Waals surface area contributed by atoms with Crippen LogP contribution in [0.1, 0.15) is 15.9 Å². The molecule has 1 heterocycles. The van der Waals surface area contributed by atoms with Crippen molar-refractivity contribution in [2.24, 2.45) is 0 Å². The van der Waals surface area contributed by atoms with E-state index in [1.807, 2.05) is 18.2 Å². The molecule has 28 heavy (non-hydrogen) atoms. The Bertz CT molecular complexity index is 1040. The third-order valence-corrected chi connectivity index (χ3v) is 5.01. The average Bonchev–Trinajstić information content (AvgIpc) is 3.26. The van der Waals surface area contributed by atoms with E-state index in [-0.39, 0.29) is 21.8 Å². The van der Waals surface area contributed by atoms with Gasteiger partial charge in [0.15, 0.2) is 11.1 Å². The van der Waals surface area contributed by atoms with Crippen molar-refractivity contribution in [3.63, 3.8) is 0 Å². The highest BCUT2D eigenvalue weighted by Gasteiger charge is 2.25. The van der Waals surface area contributed by atoms with Crippen LogP contribution in [0.2, 0.25) is 0 Å². The molecule has 0 aliphatic rings. The lowest BCUT2D eigenvalue weighted by Crippen LogP contribution is -2.08. The van der Waals surface area contributed by atoms with E-state index in [2.05, 4.69) is 11.6 Å². The van der Waals surface area contributed by atoms with Crippen LogP contribution in [0.4, 0.5) is 0 Å². The number of H-pyrrole nitrogens is 1. The molecule has 144 valence electrons. The van der Waals surface area contributed by atoms with Crippen molar-refractivity contribution in [3.05, 3.63) is 72.4 Å². The van der Waals surface area contributed by atoms with Crippen LogP contribution in [-0.4, -0.2) is 33.7 Å². The van der Waals surface area contributed by atoms with Crippen LogP contribution < -0.4 is 9.47 Å². The summed E-state index contributed by atoms with van der Waals surface area (Å²) in [5, 5.41) is 0. The zero-order valence-electron chi connectivity index (χ0n) is 15.4. The van der Waals surface area contributed by atoms with Gasteiger partial charge < -0.3 is 19.0 Å². The quantitative estimate of drug-likeness (QED) is 0.355. The van der Waals surface area contributed by atoms with E-state index < -0.39 is 11.1 Å². The van der Waals surface area contributed by atoms with Crippen LogP contribution >= 0.6 is 0 Å². The lowest BCUT2D eigenvalue weighted by molar-refractivity contribution is 0.105. The zero-order valence-corrected chi connectivity index (χ0v) is 16.2. The molecule has 2 aromatic carbocycles. The Labute approximate surface area is 165 Å². The van der Waals surface area contributed by atoms with Crippen LogP contribution in [-0.2, 0) is 11.1 Å². The first-order chi connectivity index (χ1) is 13.5. The van der Waals surface area contributed by atoms with Gasteiger partial charge in [-0.05, 0) is 42.0 Å². The molecule has 0 amide bonds. The van der Waals surface area contributed by atoms with Crippen molar-refractivity contribution in [1.82, 2.24) is 4.98 Å². The van der Waals surface area contributed by atoms with Crippen molar-refractivity contribution in [2.45, 2.75) is 4.90 Å². The Hall–Kier alpha value is -3.16. The number of carbonyl (C=O) groups is 1. The second kappa shape index (κ2) is 8.24. The van der Waals surface area contributed by atoms with Gasteiger partial charge in [0, 0.05) is 23.0 Å². The number of benzene rings is 2. The number of aromatic nitrogens is 1. The molecule has 3 rings (SSSR count).